The molecule has 8 heteroatoms. The molecule has 1 amide bonds. The molecule has 24 heavy (non-hydrogen) atoms. The molecule has 0 spiro atoms. The number of phenols is 2. The lowest BCUT2D eigenvalue weighted by Crippen LogP contribution is -2.26. The van der Waals surface area contributed by atoms with Crippen molar-refractivity contribution in [2.75, 3.05) is 6.54 Å². The van der Waals surface area contributed by atoms with Crippen LogP contribution in [0, 0.1) is 0 Å². The second-order valence-electron chi connectivity index (χ2n) is 4.86. The molecule has 0 unspecified atom stereocenters. The van der Waals surface area contributed by atoms with Crippen molar-refractivity contribution in [2.24, 2.45) is 0 Å². The number of aromatic hydroxyl groups is 2. The van der Waals surface area contributed by atoms with Crippen molar-refractivity contribution < 1.29 is 19.7 Å². The highest BCUT2D eigenvalue weighted by molar-refractivity contribution is 9.13. The first-order valence-electron chi connectivity index (χ1n) is 6.93. The molecule has 128 valence electrons. The smallest absolute Gasteiger partial charge is 0.407 e. The van der Waals surface area contributed by atoms with E-state index in [0.717, 1.165) is 5.56 Å². The molecule has 2 aromatic carbocycles. The molecule has 0 saturated carbocycles. The molecule has 2 aromatic rings. The highest BCUT2D eigenvalue weighted by atomic mass is 79.9. The van der Waals surface area contributed by atoms with Crippen molar-refractivity contribution in [3.63, 3.8) is 0 Å². The van der Waals surface area contributed by atoms with Crippen molar-refractivity contribution in [2.45, 2.75) is 13.0 Å². The summed E-state index contributed by atoms with van der Waals surface area (Å²) in [5, 5.41) is 22.2. The van der Waals surface area contributed by atoms with Gasteiger partial charge in [-0.3, -0.25) is 0 Å². The van der Waals surface area contributed by atoms with Crippen molar-refractivity contribution in [3.8, 4) is 11.5 Å². The van der Waals surface area contributed by atoms with Crippen LogP contribution in [0.1, 0.15) is 11.1 Å². The summed E-state index contributed by atoms with van der Waals surface area (Å²) in [6.07, 6.45) is -0.0956. The molecule has 0 saturated heterocycles. The van der Waals surface area contributed by atoms with Gasteiger partial charge in [-0.15, -0.1) is 0 Å². The molecule has 0 heterocycles. The number of phenolic OH excluding ortho intramolecular Hbond substituents is 2. The van der Waals surface area contributed by atoms with Gasteiger partial charge in [0.1, 0.15) is 6.61 Å². The highest BCUT2D eigenvalue weighted by Gasteiger charge is 2.19. The van der Waals surface area contributed by atoms with E-state index in [2.05, 4.69) is 53.1 Å². The predicted molar refractivity (Wildman–Crippen MR) is 101 cm³/mol. The molecular weight excluding hydrogens is 510 g/mol. The van der Waals surface area contributed by atoms with Crippen molar-refractivity contribution >= 4 is 53.9 Å². The zero-order chi connectivity index (χ0) is 17.7. The molecule has 0 bridgehead atoms. The highest BCUT2D eigenvalue weighted by Crippen LogP contribution is 2.46. The fraction of sp³-hybridized carbons (Fsp3) is 0.188. The Balaban J connectivity index is 1.89. The maximum atomic E-state index is 11.7. The van der Waals surface area contributed by atoms with Gasteiger partial charge in [0.05, 0.1) is 8.95 Å². The average Bonchev–Trinajstić information content (AvgIpc) is 2.60. The maximum absolute atomic E-state index is 11.7. The van der Waals surface area contributed by atoms with Crippen LogP contribution in [0.4, 0.5) is 4.79 Å². The number of benzene rings is 2. The Bertz CT molecular complexity index is 709. The average molecular weight is 524 g/mol. The van der Waals surface area contributed by atoms with Crippen LogP contribution in [0.2, 0.25) is 0 Å². The van der Waals surface area contributed by atoms with Crippen LogP contribution in [-0.4, -0.2) is 22.9 Å². The second-order valence-corrected chi connectivity index (χ2v) is 7.24. The number of halogens is 3. The van der Waals surface area contributed by atoms with E-state index in [-0.39, 0.29) is 18.1 Å². The zero-order valence-electron chi connectivity index (χ0n) is 12.4. The number of ether oxygens (including phenoxy) is 1. The van der Waals surface area contributed by atoms with Gasteiger partial charge in [-0.1, -0.05) is 30.3 Å². The number of amides is 1. The molecule has 0 aromatic heterocycles. The summed E-state index contributed by atoms with van der Waals surface area (Å²) in [7, 11) is 0. The summed E-state index contributed by atoms with van der Waals surface area (Å²) in [6, 6.07) is 9.39. The van der Waals surface area contributed by atoms with E-state index in [9.17, 15) is 15.0 Å². The van der Waals surface area contributed by atoms with Crippen molar-refractivity contribution in [1.29, 1.82) is 0 Å². The second kappa shape index (κ2) is 8.73. The van der Waals surface area contributed by atoms with Crippen LogP contribution in [0.5, 0.6) is 11.5 Å². The van der Waals surface area contributed by atoms with Gasteiger partial charge in [-0.05, 0) is 65.3 Å². The summed E-state index contributed by atoms with van der Waals surface area (Å²) in [6.45, 7) is 0.507. The van der Waals surface area contributed by atoms with Gasteiger partial charge >= 0.3 is 6.09 Å². The van der Waals surface area contributed by atoms with Crippen LogP contribution >= 0.6 is 47.8 Å². The Hall–Kier alpha value is -1.25. The first kappa shape index (κ1) is 19.1. The van der Waals surface area contributed by atoms with Gasteiger partial charge < -0.3 is 20.3 Å². The van der Waals surface area contributed by atoms with Crippen LogP contribution in [-0.2, 0) is 17.8 Å². The predicted octanol–water partition coefficient (Wildman–Crippen LogP) is 4.85. The van der Waals surface area contributed by atoms with Crippen LogP contribution in [0.25, 0.3) is 0 Å². The molecule has 0 radical (unpaired) electrons. The standard InChI is InChI=1S/C16H14Br3NO4/c17-11-10(12(18)14(21)15(22)13(11)19)6-7-20-16(23)24-8-9-4-2-1-3-5-9/h1-5,21-22H,6-8H2,(H,20,23). The molecule has 0 fully saturated rings. The van der Waals surface area contributed by atoms with Gasteiger partial charge in [-0.25, -0.2) is 4.79 Å². The van der Waals surface area contributed by atoms with Crippen LogP contribution in [0.3, 0.4) is 0 Å². The minimum atomic E-state index is -0.520. The molecule has 2 rings (SSSR count). The molecule has 0 aliphatic carbocycles. The lowest BCUT2D eigenvalue weighted by molar-refractivity contribution is 0.140. The summed E-state index contributed by atoms with van der Waals surface area (Å²) in [4.78, 5) is 11.7. The van der Waals surface area contributed by atoms with E-state index in [4.69, 9.17) is 4.74 Å². The Morgan fingerprint density at radius 3 is 2.29 bits per heavy atom. The first-order valence-corrected chi connectivity index (χ1v) is 9.31. The minimum Gasteiger partial charge on any atom is -0.503 e. The minimum absolute atomic E-state index is 0.200. The lowest BCUT2D eigenvalue weighted by atomic mass is 10.1. The third-order valence-electron chi connectivity index (χ3n) is 3.22. The first-order chi connectivity index (χ1) is 11.4. The normalized spacial score (nSPS) is 10.5. The largest absolute Gasteiger partial charge is 0.503 e. The van der Waals surface area contributed by atoms with Gasteiger partial charge in [-0.2, -0.15) is 0 Å². The Morgan fingerprint density at radius 2 is 1.62 bits per heavy atom. The maximum Gasteiger partial charge on any atom is 0.407 e. The third kappa shape index (κ3) is 4.64. The fourth-order valence-corrected chi connectivity index (χ4v) is 3.83. The van der Waals surface area contributed by atoms with E-state index in [1.807, 2.05) is 30.3 Å². The van der Waals surface area contributed by atoms with Gasteiger partial charge in [0.2, 0.25) is 0 Å². The van der Waals surface area contributed by atoms with E-state index >= 15 is 0 Å². The molecular formula is C16H14Br3NO4. The van der Waals surface area contributed by atoms with Crippen molar-refractivity contribution in [1.82, 2.24) is 5.32 Å². The fourth-order valence-electron chi connectivity index (χ4n) is 1.97. The SMILES string of the molecule is O=C(NCCc1c(Br)c(O)c(O)c(Br)c1Br)OCc1ccccc1. The monoisotopic (exact) mass is 521 g/mol. The zero-order valence-corrected chi connectivity index (χ0v) is 17.1. The van der Waals surface area contributed by atoms with E-state index in [1.165, 1.54) is 0 Å². The quantitative estimate of drug-likeness (QED) is 0.386. The van der Waals surface area contributed by atoms with E-state index in [1.54, 1.807) is 0 Å². The number of hydrogen-bond acceptors (Lipinski definition) is 4. The number of rotatable bonds is 5. The molecule has 5 nitrogen and oxygen atoms in total. The lowest BCUT2D eigenvalue weighted by Gasteiger charge is -2.13. The topological polar surface area (TPSA) is 78.8 Å². The molecule has 0 atom stereocenters. The van der Waals surface area contributed by atoms with Gasteiger partial charge in [0.15, 0.2) is 11.5 Å². The Kier molecular flexibility index (Phi) is 6.94. The van der Waals surface area contributed by atoms with Gasteiger partial charge in [0.25, 0.3) is 0 Å². The number of carbonyl (C=O) groups excluding carboxylic acids is 1. The summed E-state index contributed by atoms with van der Waals surface area (Å²) < 4.78 is 6.44. The Labute approximate surface area is 164 Å². The van der Waals surface area contributed by atoms with Gasteiger partial charge in [0, 0.05) is 11.0 Å². The Morgan fingerprint density at radius 1 is 1.00 bits per heavy atom. The van der Waals surface area contributed by atoms with Crippen LogP contribution in [0.15, 0.2) is 43.7 Å². The van der Waals surface area contributed by atoms with Crippen LogP contribution < -0.4 is 5.32 Å². The molecule has 3 N–H and O–H groups in total. The van der Waals surface area contributed by atoms with E-state index < -0.39 is 6.09 Å². The summed E-state index contributed by atoms with van der Waals surface area (Å²) in [5.74, 6) is -0.514. The number of nitrogens with one attached hydrogen (secondary N) is 1. The van der Waals surface area contributed by atoms with Crippen molar-refractivity contribution in [3.05, 3.63) is 54.9 Å². The van der Waals surface area contributed by atoms with E-state index in [0.29, 0.717) is 31.9 Å². The third-order valence-corrected chi connectivity index (χ3v) is 6.25. The molecule has 0 aliphatic heterocycles. The molecule has 0 aliphatic rings. The number of hydrogen-bond donors (Lipinski definition) is 3. The number of alkyl carbamates (subject to hydrolysis) is 1. The summed E-state index contributed by atoms with van der Waals surface area (Å²) in [5.41, 5.74) is 1.62. The number of carbonyl (C=O) groups is 1. The summed E-state index contributed by atoms with van der Waals surface area (Å²) >= 11 is 9.79.